The molecule has 41 valence electrons. The molecule has 0 aliphatic carbocycles. The lowest BCUT2D eigenvalue weighted by molar-refractivity contribution is -0.817. The maximum atomic E-state index is 9.75. The highest BCUT2D eigenvalue weighted by Crippen LogP contribution is 1.87. The molecule has 0 aliphatic rings. The molecule has 0 rings (SSSR count). The van der Waals surface area contributed by atoms with Crippen LogP contribution in [0.1, 0.15) is 0 Å². The van der Waals surface area contributed by atoms with Gasteiger partial charge in [0.1, 0.15) is 6.20 Å². The van der Waals surface area contributed by atoms with Crippen LogP contribution in [0.15, 0.2) is 12.5 Å². The zero-order valence-corrected chi connectivity index (χ0v) is 5.01. The Hall–Kier alpha value is -0.500. The molecule has 0 aromatic carbocycles. The first kappa shape index (κ1) is 6.50. The fourth-order valence-electron chi connectivity index (χ4n) is 0.183. The van der Waals surface area contributed by atoms with Gasteiger partial charge >= 0.3 is 0 Å². The summed E-state index contributed by atoms with van der Waals surface area (Å²) >= 11 is 0. The molecule has 2 heteroatoms. The molecule has 0 unspecified atom stereocenters. The fourth-order valence-corrected chi connectivity index (χ4v) is 0.183. The van der Waals surface area contributed by atoms with Gasteiger partial charge in [0, 0.05) is 0 Å². The molecule has 0 spiro atoms. The fraction of sp³-hybridized carbons (Fsp3) is 0.600. The van der Waals surface area contributed by atoms with Gasteiger partial charge in [-0.15, -0.1) is 0 Å². The molecular weight excluding hydrogens is 90.1 g/mol. The van der Waals surface area contributed by atoms with Crippen molar-refractivity contribution in [3.05, 3.63) is 12.5 Å². The zero-order valence-electron chi connectivity index (χ0n) is 5.01. The average Bonchev–Trinajstić information content (AvgIpc) is 1.30. The topological polar surface area (TPSA) is 19.9 Å². The van der Waals surface area contributed by atoms with Crippen LogP contribution in [0.25, 0.3) is 0 Å². The van der Waals surface area contributed by atoms with Gasteiger partial charge in [0.15, 0.2) is 6.26 Å². The van der Waals surface area contributed by atoms with Crippen molar-refractivity contribution in [2.75, 3.05) is 21.1 Å². The molecule has 0 aromatic heterocycles. The van der Waals surface area contributed by atoms with Gasteiger partial charge in [-0.3, -0.25) is 5.11 Å². The molecule has 0 amide bonds. The minimum Gasteiger partial charge on any atom is -0.302 e. The summed E-state index contributed by atoms with van der Waals surface area (Å²) in [6.07, 6.45) is 2.38. The minimum absolute atomic E-state index is 0.601. The quantitative estimate of drug-likeness (QED) is 0.340. The normalized spacial score (nSPS) is 13.0. The van der Waals surface area contributed by atoms with E-state index in [1.807, 2.05) is 21.1 Å². The molecule has 2 nitrogen and oxygen atoms in total. The van der Waals surface area contributed by atoms with E-state index in [1.54, 1.807) is 6.20 Å². The van der Waals surface area contributed by atoms with Gasteiger partial charge in [0.05, 0.1) is 21.1 Å². The third-order valence-electron chi connectivity index (χ3n) is 0.508. The van der Waals surface area contributed by atoms with Crippen LogP contribution in [0, 0.1) is 0 Å². The highest BCUT2D eigenvalue weighted by molar-refractivity contribution is 4.55. The third kappa shape index (κ3) is 5.50. The van der Waals surface area contributed by atoms with Crippen LogP contribution in [0.4, 0.5) is 0 Å². The Morgan fingerprint density at radius 2 is 1.71 bits per heavy atom. The van der Waals surface area contributed by atoms with E-state index in [2.05, 4.69) is 0 Å². The summed E-state index contributed by atoms with van der Waals surface area (Å²) in [5, 5.41) is 9.75. The number of rotatable bonds is 1. The Morgan fingerprint density at radius 3 is 1.71 bits per heavy atom. The lowest BCUT2D eigenvalue weighted by Gasteiger charge is -2.15. The Bertz CT molecular complexity index is 70.6. The van der Waals surface area contributed by atoms with E-state index >= 15 is 0 Å². The second-order valence-corrected chi connectivity index (χ2v) is 2.40. The van der Waals surface area contributed by atoms with E-state index in [4.69, 9.17) is 0 Å². The molecule has 0 aromatic rings. The summed E-state index contributed by atoms with van der Waals surface area (Å²) in [6, 6.07) is 0. The van der Waals surface area contributed by atoms with Crippen molar-refractivity contribution in [3.8, 4) is 0 Å². The first-order valence-corrected chi connectivity index (χ1v) is 2.17. The maximum Gasteiger partial charge on any atom is 0.195 e. The van der Waals surface area contributed by atoms with Gasteiger partial charge < -0.3 is 4.48 Å². The van der Waals surface area contributed by atoms with Crippen molar-refractivity contribution < 1.29 is 9.59 Å². The zero-order chi connectivity index (χ0) is 5.91. The highest BCUT2D eigenvalue weighted by atomic mass is 16.2. The van der Waals surface area contributed by atoms with Crippen molar-refractivity contribution >= 4 is 0 Å². The van der Waals surface area contributed by atoms with Gasteiger partial charge in [-0.25, -0.2) is 0 Å². The summed E-state index contributed by atoms with van der Waals surface area (Å²) in [4.78, 5) is 0. The molecular formula is C5H11NO+. The van der Waals surface area contributed by atoms with Gasteiger partial charge in [-0.2, -0.15) is 0 Å². The Balaban J connectivity index is 3.56. The Morgan fingerprint density at radius 1 is 1.29 bits per heavy atom. The van der Waals surface area contributed by atoms with Crippen LogP contribution in [0.5, 0.6) is 0 Å². The van der Waals surface area contributed by atoms with Crippen LogP contribution >= 0.6 is 0 Å². The van der Waals surface area contributed by atoms with Gasteiger partial charge in [0.2, 0.25) is 0 Å². The molecule has 0 N–H and O–H groups in total. The van der Waals surface area contributed by atoms with Crippen LogP contribution in [-0.4, -0.2) is 25.6 Å². The average molecular weight is 101 g/mol. The van der Waals surface area contributed by atoms with Crippen molar-refractivity contribution in [3.63, 3.8) is 0 Å². The van der Waals surface area contributed by atoms with Crippen LogP contribution in [0.3, 0.4) is 0 Å². The van der Waals surface area contributed by atoms with Crippen molar-refractivity contribution in [1.29, 1.82) is 0 Å². The number of hydrogen-bond donors (Lipinski definition) is 0. The van der Waals surface area contributed by atoms with Crippen molar-refractivity contribution in [2.24, 2.45) is 0 Å². The summed E-state index contributed by atoms with van der Waals surface area (Å²) in [5.74, 6) is 0. The predicted octanol–water partition coefficient (Wildman–Crippen LogP) is 0.594. The van der Waals surface area contributed by atoms with E-state index in [1.165, 1.54) is 0 Å². The lowest BCUT2D eigenvalue weighted by atomic mass is 10.7. The molecule has 0 saturated heterocycles. The molecule has 0 aliphatic heterocycles. The second kappa shape index (κ2) is 1.98. The van der Waals surface area contributed by atoms with E-state index in [-0.39, 0.29) is 0 Å². The Labute approximate surface area is 44.3 Å². The standard InChI is InChI=1S/C5H11NO/c1-6(2,3)4-5-7/h4-5H,1-3H3/q+1. The van der Waals surface area contributed by atoms with Crippen LogP contribution in [0.2, 0.25) is 0 Å². The molecule has 7 heavy (non-hydrogen) atoms. The summed E-state index contributed by atoms with van der Waals surface area (Å²) in [5.41, 5.74) is 0. The van der Waals surface area contributed by atoms with E-state index < -0.39 is 0 Å². The highest BCUT2D eigenvalue weighted by Gasteiger charge is 1.97. The molecule has 0 saturated carbocycles. The van der Waals surface area contributed by atoms with E-state index in [9.17, 15) is 5.11 Å². The first-order valence-electron chi connectivity index (χ1n) is 2.17. The summed E-state index contributed by atoms with van der Waals surface area (Å²) in [6.45, 7) is 0. The van der Waals surface area contributed by atoms with Gasteiger partial charge in [0.25, 0.3) is 0 Å². The predicted molar refractivity (Wildman–Crippen MR) is 27.9 cm³/mol. The molecule has 0 bridgehead atoms. The molecule has 1 radical (unpaired) electrons. The maximum absolute atomic E-state index is 9.75. The second-order valence-electron chi connectivity index (χ2n) is 2.40. The molecule has 0 fully saturated rings. The number of nitrogens with zero attached hydrogens (tertiary/aromatic N) is 1. The SMILES string of the molecule is C[N+](C)(C)C=C[O]. The number of hydrogen-bond acceptors (Lipinski definition) is 0. The van der Waals surface area contributed by atoms with Crippen LogP contribution < -0.4 is 0 Å². The monoisotopic (exact) mass is 101 g/mol. The van der Waals surface area contributed by atoms with E-state index in [0.29, 0.717) is 4.48 Å². The summed E-state index contributed by atoms with van der Waals surface area (Å²) < 4.78 is 0.601. The summed E-state index contributed by atoms with van der Waals surface area (Å²) in [7, 11) is 5.78. The molecule has 0 heterocycles. The van der Waals surface area contributed by atoms with Gasteiger partial charge in [-0.05, 0) is 0 Å². The van der Waals surface area contributed by atoms with Gasteiger partial charge in [-0.1, -0.05) is 0 Å². The Kier molecular flexibility index (Phi) is 1.84. The van der Waals surface area contributed by atoms with E-state index in [0.717, 1.165) is 6.26 Å². The lowest BCUT2D eigenvalue weighted by Crippen LogP contribution is -2.26. The van der Waals surface area contributed by atoms with Crippen LogP contribution in [-0.2, 0) is 5.11 Å². The smallest absolute Gasteiger partial charge is 0.195 e. The minimum atomic E-state index is 0.601. The molecule has 0 atom stereocenters. The third-order valence-corrected chi connectivity index (χ3v) is 0.508. The van der Waals surface area contributed by atoms with Crippen molar-refractivity contribution in [1.82, 2.24) is 0 Å². The largest absolute Gasteiger partial charge is 0.302 e. The first-order chi connectivity index (χ1) is 3.06. The number of quaternary nitrogens is 1. The van der Waals surface area contributed by atoms with Crippen molar-refractivity contribution in [2.45, 2.75) is 0 Å².